The van der Waals surface area contributed by atoms with Gasteiger partial charge in [0, 0.05) is 24.3 Å². The third-order valence-electron chi connectivity index (χ3n) is 14.3. The van der Waals surface area contributed by atoms with Crippen molar-refractivity contribution in [2.24, 2.45) is 35.5 Å². The smallest absolute Gasteiger partial charge is 0.331 e. The van der Waals surface area contributed by atoms with Crippen LogP contribution in [0.2, 0.25) is 54.4 Å². The first kappa shape index (κ1) is 55.4. The molecule has 1 aliphatic heterocycles. The van der Waals surface area contributed by atoms with Gasteiger partial charge in [-0.2, -0.15) is 0 Å². The van der Waals surface area contributed by atoms with Crippen LogP contribution >= 0.6 is 0 Å². The van der Waals surface area contributed by atoms with Gasteiger partial charge in [-0.25, -0.2) is 4.79 Å². The second-order valence-electron chi connectivity index (χ2n) is 22.8. The van der Waals surface area contributed by atoms with Gasteiger partial charge in [-0.15, -0.1) is 0 Å². The molecule has 1 heterocycles. The lowest BCUT2D eigenvalue weighted by Gasteiger charge is -2.43. The van der Waals surface area contributed by atoms with E-state index in [1.54, 1.807) is 18.2 Å². The summed E-state index contributed by atoms with van der Waals surface area (Å²) in [6.07, 6.45) is 19.1. The minimum absolute atomic E-state index is 0.0175. The van der Waals surface area contributed by atoms with Gasteiger partial charge in [-0.3, -0.25) is 4.79 Å². The average Bonchev–Trinajstić information content (AvgIpc) is 3.08. The average molecular weight is 874 g/mol. The zero-order valence-corrected chi connectivity index (χ0v) is 45.0. The monoisotopic (exact) mass is 873 g/mol. The van der Waals surface area contributed by atoms with Crippen LogP contribution in [0.4, 0.5) is 0 Å². The topological polar surface area (TPSA) is 71.1 Å². The van der Waals surface area contributed by atoms with E-state index >= 15 is 0 Å². The van der Waals surface area contributed by atoms with E-state index < -0.39 is 31.1 Å². The van der Waals surface area contributed by atoms with Crippen LogP contribution in [0.1, 0.15) is 130 Å². The molecule has 0 N–H and O–H groups in total. The molecule has 0 fully saturated rings. The van der Waals surface area contributed by atoms with Crippen molar-refractivity contribution >= 4 is 36.7 Å². The van der Waals surface area contributed by atoms with Crippen molar-refractivity contribution in [2.45, 2.75) is 208 Å². The molecule has 10 atom stereocenters. The lowest BCUT2D eigenvalue weighted by Crippen LogP contribution is -2.48. The predicted octanol–water partition coefficient (Wildman–Crippen LogP) is 14.4. The normalized spacial score (nSPS) is 31.1. The third-order valence-corrected chi connectivity index (χ3v) is 27.8. The van der Waals surface area contributed by atoms with Crippen molar-refractivity contribution in [1.29, 1.82) is 0 Å². The minimum Gasteiger partial charge on any atom is -0.458 e. The molecule has 9 heteroatoms. The lowest BCUT2D eigenvalue weighted by atomic mass is 9.82. The number of esters is 1. The highest BCUT2D eigenvalue weighted by atomic mass is 28.4. The molecule has 0 aromatic heterocycles. The number of allylic oxidation sites excluding steroid dienone is 5. The molecule has 0 aromatic rings. The Kier molecular flexibility index (Phi) is 21.3. The summed E-state index contributed by atoms with van der Waals surface area (Å²) < 4.78 is 27.9. The van der Waals surface area contributed by atoms with Crippen LogP contribution in [0.25, 0.3) is 0 Å². The standard InChI is InChI=1S/C50H92O6Si3/c1-23-24-27-38(4)47-41(7)43(54-57(17,18)48(8,9)10)33-30-36(2)34-40(6)46(56-59(21,22)50(14,15)16)39(5)31-32-42(51)35-44(55-58(19,20)49(11,12)13)37(3)28-25-26-29-45(52)53-47/h23-29,31-32,36-41,43-44,46-47H,1,30,33-35H2,2-22H3/b27-24-,28-25+,29-26-,32-31-/t36-,37+,38-,39-,40-,41-,43+,44?,46-,47-/m0/s1. The van der Waals surface area contributed by atoms with E-state index in [1.807, 2.05) is 18.2 Å². The Morgan fingerprint density at radius 1 is 0.712 bits per heavy atom. The van der Waals surface area contributed by atoms with E-state index in [1.165, 1.54) is 6.08 Å². The fourth-order valence-corrected chi connectivity index (χ4v) is 11.4. The minimum atomic E-state index is -2.22. The van der Waals surface area contributed by atoms with Gasteiger partial charge in [0.05, 0.1) is 18.3 Å². The van der Waals surface area contributed by atoms with Crippen LogP contribution < -0.4 is 0 Å². The first-order chi connectivity index (χ1) is 26.7. The fraction of sp³-hybridized carbons (Fsp3) is 0.760. The Morgan fingerprint density at radius 3 is 1.73 bits per heavy atom. The van der Waals surface area contributed by atoms with Crippen molar-refractivity contribution in [3.05, 3.63) is 61.3 Å². The molecular formula is C50H92O6Si3. The summed E-state index contributed by atoms with van der Waals surface area (Å²) in [6.45, 7) is 51.4. The lowest BCUT2D eigenvalue weighted by molar-refractivity contribution is -0.150. The molecule has 0 saturated heterocycles. The van der Waals surface area contributed by atoms with Gasteiger partial charge in [0.15, 0.2) is 30.7 Å². The molecule has 0 aromatic carbocycles. The summed E-state index contributed by atoms with van der Waals surface area (Å²) in [7, 11) is -6.56. The van der Waals surface area contributed by atoms with Crippen molar-refractivity contribution in [3.63, 3.8) is 0 Å². The Bertz CT molecular complexity index is 1450. The molecule has 0 saturated carbocycles. The molecule has 0 aliphatic carbocycles. The molecule has 0 bridgehead atoms. The van der Waals surface area contributed by atoms with Gasteiger partial charge in [0.25, 0.3) is 0 Å². The molecule has 59 heavy (non-hydrogen) atoms. The van der Waals surface area contributed by atoms with Crippen LogP contribution in [0, 0.1) is 35.5 Å². The van der Waals surface area contributed by atoms with Crippen molar-refractivity contribution in [1.82, 2.24) is 0 Å². The Morgan fingerprint density at radius 2 is 1.22 bits per heavy atom. The molecular weight excluding hydrogens is 781 g/mol. The van der Waals surface area contributed by atoms with Crippen LogP contribution in [0.5, 0.6) is 0 Å². The number of cyclic esters (lactones) is 1. The molecule has 6 nitrogen and oxygen atoms in total. The van der Waals surface area contributed by atoms with Crippen LogP contribution in [0.15, 0.2) is 61.3 Å². The molecule has 0 amide bonds. The van der Waals surface area contributed by atoms with Gasteiger partial charge >= 0.3 is 5.97 Å². The molecule has 0 radical (unpaired) electrons. The summed E-state index contributed by atoms with van der Waals surface area (Å²) in [6, 6.07) is 0. The fourth-order valence-electron chi connectivity index (χ4n) is 7.04. The van der Waals surface area contributed by atoms with Gasteiger partial charge in [-0.05, 0) is 103 Å². The molecule has 1 unspecified atom stereocenters. The Labute approximate surface area is 367 Å². The number of carbonyl (C=O) groups is 2. The zero-order chi connectivity index (χ0) is 45.9. The van der Waals surface area contributed by atoms with Crippen molar-refractivity contribution in [3.8, 4) is 0 Å². The Hall–Kier alpha value is -1.63. The summed E-state index contributed by atoms with van der Waals surface area (Å²) in [5.41, 5.74) is 0. The van der Waals surface area contributed by atoms with Crippen molar-refractivity contribution in [2.75, 3.05) is 0 Å². The molecule has 0 spiro atoms. The van der Waals surface area contributed by atoms with E-state index in [2.05, 4.69) is 162 Å². The maximum absolute atomic E-state index is 13.9. The maximum atomic E-state index is 13.9. The number of carbonyl (C=O) groups excluding carboxylic acids is 2. The van der Waals surface area contributed by atoms with E-state index in [9.17, 15) is 9.59 Å². The number of hydrogen-bond donors (Lipinski definition) is 0. The summed E-state index contributed by atoms with van der Waals surface area (Å²) in [5, 5.41) is 0.0544. The summed E-state index contributed by atoms with van der Waals surface area (Å²) in [4.78, 5) is 27.5. The quantitative estimate of drug-likeness (QED) is 0.131. The number of ether oxygens (including phenoxy) is 1. The highest BCUT2D eigenvalue weighted by Gasteiger charge is 2.44. The highest BCUT2D eigenvalue weighted by Crippen LogP contribution is 2.43. The third kappa shape index (κ3) is 17.6. The van der Waals surface area contributed by atoms with E-state index in [4.69, 9.17) is 18.0 Å². The number of hydrogen-bond acceptors (Lipinski definition) is 6. The van der Waals surface area contributed by atoms with Crippen LogP contribution in [0.3, 0.4) is 0 Å². The van der Waals surface area contributed by atoms with E-state index in [0.717, 1.165) is 19.3 Å². The molecule has 340 valence electrons. The van der Waals surface area contributed by atoms with Crippen molar-refractivity contribution < 1.29 is 27.6 Å². The summed E-state index contributed by atoms with van der Waals surface area (Å²) >= 11 is 0. The SMILES string of the molecule is C=C/C=C\[C@H](C)[C@@H]1OC(=O)/C=C\C=C\[C@@H](C)C(O[Si](C)(C)C(C)(C)C)CC(=O)/C=C\[C@H](C)[C@H](O[Si](C)(C)C(C)(C)C)[C@@H](C)C[C@@H](C)CC[C@@H](O[Si](C)(C)C(C)(C)C)[C@@H]1C. The van der Waals surface area contributed by atoms with Crippen LogP contribution in [-0.4, -0.2) is 61.1 Å². The van der Waals surface area contributed by atoms with E-state index in [-0.39, 0.29) is 81.2 Å². The second kappa shape index (κ2) is 22.6. The summed E-state index contributed by atoms with van der Waals surface area (Å²) in [5.74, 6) is 0.184. The highest BCUT2D eigenvalue weighted by molar-refractivity contribution is 6.75. The van der Waals surface area contributed by atoms with Gasteiger partial charge in [0.2, 0.25) is 0 Å². The van der Waals surface area contributed by atoms with Crippen LogP contribution in [-0.2, 0) is 27.6 Å². The van der Waals surface area contributed by atoms with Gasteiger partial charge in [-0.1, -0.05) is 153 Å². The first-order valence-electron chi connectivity index (χ1n) is 22.8. The first-order valence-corrected chi connectivity index (χ1v) is 31.5. The Balaban J connectivity index is 3.93. The largest absolute Gasteiger partial charge is 0.458 e. The van der Waals surface area contributed by atoms with E-state index in [0.29, 0.717) is 5.92 Å². The maximum Gasteiger partial charge on any atom is 0.331 e. The molecule has 1 rings (SSSR count). The zero-order valence-electron chi connectivity index (χ0n) is 42.0. The predicted molar refractivity (Wildman–Crippen MR) is 261 cm³/mol. The number of ketones is 1. The number of rotatable bonds is 9. The second-order valence-corrected chi connectivity index (χ2v) is 37.1. The molecule has 1 aliphatic rings. The van der Waals surface area contributed by atoms with Gasteiger partial charge in [0.1, 0.15) is 6.10 Å². The van der Waals surface area contributed by atoms with Gasteiger partial charge < -0.3 is 18.0 Å².